The Bertz CT molecular complexity index is 92.3. The Morgan fingerprint density at radius 3 is 2.82 bits per heavy atom. The highest BCUT2D eigenvalue weighted by atomic mass is 16.5. The van der Waals surface area contributed by atoms with E-state index < -0.39 is 0 Å². The molecular formula is C8H15NO2. The molecule has 0 fully saturated rings. The van der Waals surface area contributed by atoms with Crippen LogP contribution in [0, 0.1) is 0 Å². The van der Waals surface area contributed by atoms with Crippen LogP contribution in [0.3, 0.4) is 0 Å². The smallest absolute Gasteiger partial charge is 0.207 e. The molecule has 0 spiro atoms. The summed E-state index contributed by atoms with van der Waals surface area (Å²) in [7, 11) is 0. The van der Waals surface area contributed by atoms with Gasteiger partial charge in [0.2, 0.25) is 6.41 Å². The van der Waals surface area contributed by atoms with Crippen LogP contribution in [-0.4, -0.2) is 19.6 Å². The van der Waals surface area contributed by atoms with Crippen molar-refractivity contribution in [3.05, 3.63) is 12.8 Å². The SMILES string of the molecule is C=COCCCCCNC=O. The third-order valence-corrected chi connectivity index (χ3v) is 1.28. The Morgan fingerprint density at radius 1 is 1.36 bits per heavy atom. The highest BCUT2D eigenvalue weighted by molar-refractivity contribution is 5.45. The molecule has 3 nitrogen and oxygen atoms in total. The van der Waals surface area contributed by atoms with Crippen LogP contribution in [0.15, 0.2) is 12.8 Å². The van der Waals surface area contributed by atoms with Gasteiger partial charge in [0.15, 0.2) is 0 Å². The molecule has 1 N–H and O–H groups in total. The fraction of sp³-hybridized carbons (Fsp3) is 0.625. The predicted octanol–water partition coefficient (Wildman–Crippen LogP) is 1.06. The van der Waals surface area contributed by atoms with Crippen molar-refractivity contribution in [1.82, 2.24) is 5.32 Å². The maximum atomic E-state index is 9.79. The van der Waals surface area contributed by atoms with Gasteiger partial charge in [0.05, 0.1) is 12.9 Å². The monoisotopic (exact) mass is 157 g/mol. The molecule has 0 rings (SSSR count). The van der Waals surface area contributed by atoms with Gasteiger partial charge in [-0.05, 0) is 19.3 Å². The number of nitrogens with one attached hydrogen (secondary N) is 1. The van der Waals surface area contributed by atoms with E-state index in [1.807, 2.05) is 0 Å². The largest absolute Gasteiger partial charge is 0.502 e. The lowest BCUT2D eigenvalue weighted by Crippen LogP contribution is -2.11. The summed E-state index contributed by atoms with van der Waals surface area (Å²) in [5.41, 5.74) is 0. The maximum absolute atomic E-state index is 9.79. The number of unbranched alkanes of at least 4 members (excludes halogenated alkanes) is 2. The van der Waals surface area contributed by atoms with Crippen LogP contribution < -0.4 is 5.32 Å². The van der Waals surface area contributed by atoms with Crippen LogP contribution in [0.25, 0.3) is 0 Å². The number of rotatable bonds is 8. The predicted molar refractivity (Wildman–Crippen MR) is 44.1 cm³/mol. The van der Waals surface area contributed by atoms with Gasteiger partial charge in [-0.3, -0.25) is 4.79 Å². The topological polar surface area (TPSA) is 38.3 Å². The Balaban J connectivity index is 2.79. The van der Waals surface area contributed by atoms with Crippen LogP contribution in [0.4, 0.5) is 0 Å². The Morgan fingerprint density at radius 2 is 2.18 bits per heavy atom. The number of carbonyl (C=O) groups excluding carboxylic acids is 1. The van der Waals surface area contributed by atoms with E-state index in [1.165, 1.54) is 6.26 Å². The van der Waals surface area contributed by atoms with Gasteiger partial charge in [0, 0.05) is 6.54 Å². The van der Waals surface area contributed by atoms with Crippen molar-refractivity contribution in [3.63, 3.8) is 0 Å². The molecule has 0 heterocycles. The molecule has 0 aromatic rings. The summed E-state index contributed by atoms with van der Waals surface area (Å²) in [6, 6.07) is 0. The van der Waals surface area contributed by atoms with E-state index in [1.54, 1.807) is 0 Å². The second-order valence-electron chi connectivity index (χ2n) is 2.17. The molecule has 0 saturated carbocycles. The molecule has 0 radical (unpaired) electrons. The highest BCUT2D eigenvalue weighted by Gasteiger charge is 1.87. The standard InChI is InChI=1S/C8H15NO2/c1-2-11-7-5-3-4-6-9-8-10/h2,8H,1,3-7H2,(H,9,10). The number of carbonyl (C=O) groups is 1. The Kier molecular flexibility index (Phi) is 8.20. The lowest BCUT2D eigenvalue weighted by Gasteiger charge is -1.99. The van der Waals surface area contributed by atoms with Crippen molar-refractivity contribution in [2.75, 3.05) is 13.2 Å². The van der Waals surface area contributed by atoms with Crippen LogP contribution in [0.5, 0.6) is 0 Å². The van der Waals surface area contributed by atoms with Crippen molar-refractivity contribution < 1.29 is 9.53 Å². The summed E-state index contributed by atoms with van der Waals surface area (Å²) >= 11 is 0. The molecule has 3 heteroatoms. The molecule has 0 aromatic heterocycles. The molecule has 1 amide bonds. The number of amides is 1. The average molecular weight is 157 g/mol. The first-order valence-electron chi connectivity index (χ1n) is 3.81. The van der Waals surface area contributed by atoms with Gasteiger partial charge in [-0.25, -0.2) is 0 Å². The van der Waals surface area contributed by atoms with Crippen molar-refractivity contribution >= 4 is 6.41 Å². The molecule has 64 valence electrons. The minimum absolute atomic E-state index is 0.722. The van der Waals surface area contributed by atoms with Gasteiger partial charge >= 0.3 is 0 Å². The van der Waals surface area contributed by atoms with Crippen LogP contribution in [-0.2, 0) is 9.53 Å². The zero-order valence-corrected chi connectivity index (χ0v) is 6.71. The quantitative estimate of drug-likeness (QED) is 0.325. The summed E-state index contributed by atoms with van der Waals surface area (Å²) in [5, 5.41) is 2.60. The van der Waals surface area contributed by atoms with E-state index in [2.05, 4.69) is 11.9 Å². The fourth-order valence-electron chi connectivity index (χ4n) is 0.731. The van der Waals surface area contributed by atoms with E-state index in [0.717, 1.165) is 38.8 Å². The molecule has 0 aliphatic rings. The molecular weight excluding hydrogens is 142 g/mol. The second kappa shape index (κ2) is 9.01. The lowest BCUT2D eigenvalue weighted by atomic mass is 10.2. The third kappa shape index (κ3) is 9.01. The minimum atomic E-state index is 0.722. The van der Waals surface area contributed by atoms with E-state index in [4.69, 9.17) is 4.74 Å². The highest BCUT2D eigenvalue weighted by Crippen LogP contribution is 1.93. The molecule has 0 unspecified atom stereocenters. The van der Waals surface area contributed by atoms with E-state index in [9.17, 15) is 4.79 Å². The first kappa shape index (κ1) is 10.0. The molecule has 11 heavy (non-hydrogen) atoms. The molecule has 0 saturated heterocycles. The van der Waals surface area contributed by atoms with Crippen molar-refractivity contribution in [3.8, 4) is 0 Å². The van der Waals surface area contributed by atoms with E-state index in [-0.39, 0.29) is 0 Å². The first-order chi connectivity index (χ1) is 5.41. The normalized spacial score (nSPS) is 8.73. The third-order valence-electron chi connectivity index (χ3n) is 1.28. The van der Waals surface area contributed by atoms with Gasteiger partial charge in [-0.2, -0.15) is 0 Å². The molecule has 0 bridgehead atoms. The van der Waals surface area contributed by atoms with Crippen LogP contribution in [0.1, 0.15) is 19.3 Å². The summed E-state index contributed by atoms with van der Waals surface area (Å²) in [5.74, 6) is 0. The summed E-state index contributed by atoms with van der Waals surface area (Å²) in [6.07, 6.45) is 5.28. The Hall–Kier alpha value is -0.990. The van der Waals surface area contributed by atoms with Crippen LogP contribution >= 0.6 is 0 Å². The second-order valence-corrected chi connectivity index (χ2v) is 2.17. The van der Waals surface area contributed by atoms with E-state index in [0.29, 0.717) is 0 Å². The van der Waals surface area contributed by atoms with Gasteiger partial charge in [0.1, 0.15) is 0 Å². The first-order valence-corrected chi connectivity index (χ1v) is 3.81. The van der Waals surface area contributed by atoms with Crippen molar-refractivity contribution in [1.29, 1.82) is 0 Å². The van der Waals surface area contributed by atoms with Gasteiger partial charge in [0.25, 0.3) is 0 Å². The molecule has 0 aliphatic carbocycles. The zero-order chi connectivity index (χ0) is 8.36. The van der Waals surface area contributed by atoms with E-state index >= 15 is 0 Å². The van der Waals surface area contributed by atoms with Gasteiger partial charge in [-0.15, -0.1) is 0 Å². The van der Waals surface area contributed by atoms with Crippen molar-refractivity contribution in [2.24, 2.45) is 0 Å². The summed E-state index contributed by atoms with van der Waals surface area (Å²) < 4.78 is 4.91. The van der Waals surface area contributed by atoms with Gasteiger partial charge < -0.3 is 10.1 Å². The Labute approximate surface area is 67.4 Å². The maximum Gasteiger partial charge on any atom is 0.207 e. The lowest BCUT2D eigenvalue weighted by molar-refractivity contribution is -0.109. The number of hydrogen-bond donors (Lipinski definition) is 1. The summed E-state index contributed by atoms with van der Waals surface area (Å²) in [4.78, 5) is 9.79. The van der Waals surface area contributed by atoms with Crippen LogP contribution in [0.2, 0.25) is 0 Å². The number of hydrogen-bond acceptors (Lipinski definition) is 2. The summed E-state index contributed by atoms with van der Waals surface area (Å²) in [6.45, 7) is 4.92. The van der Waals surface area contributed by atoms with Gasteiger partial charge in [-0.1, -0.05) is 6.58 Å². The number of ether oxygens (including phenoxy) is 1. The molecule has 0 aliphatic heterocycles. The average Bonchev–Trinajstić information content (AvgIpc) is 2.03. The fourth-order valence-corrected chi connectivity index (χ4v) is 0.731. The molecule has 0 atom stereocenters. The zero-order valence-electron chi connectivity index (χ0n) is 6.71. The minimum Gasteiger partial charge on any atom is -0.502 e. The van der Waals surface area contributed by atoms with Crippen molar-refractivity contribution in [2.45, 2.75) is 19.3 Å². The molecule has 0 aromatic carbocycles.